The zero-order chi connectivity index (χ0) is 21.3. The second-order valence-corrected chi connectivity index (χ2v) is 8.18. The molecule has 6 nitrogen and oxygen atoms in total. The molecular weight excluding hydrogens is 378 g/mol. The molecule has 0 saturated carbocycles. The molecule has 0 bridgehead atoms. The van der Waals surface area contributed by atoms with Gasteiger partial charge in [0.2, 0.25) is 0 Å². The minimum atomic E-state index is -0.678. The summed E-state index contributed by atoms with van der Waals surface area (Å²) in [6.45, 7) is 9.93. The van der Waals surface area contributed by atoms with Gasteiger partial charge in [0, 0.05) is 44.5 Å². The largest absolute Gasteiger partial charge is 0.492 e. The van der Waals surface area contributed by atoms with Crippen molar-refractivity contribution in [3.05, 3.63) is 54.6 Å². The molecular formula is C24H35N3O3. The van der Waals surface area contributed by atoms with Crippen LogP contribution in [0.3, 0.4) is 0 Å². The lowest BCUT2D eigenvalue weighted by molar-refractivity contribution is 0.0715. The molecule has 3 N–H and O–H groups in total. The molecule has 6 heteroatoms. The molecule has 0 aromatic heterocycles. The number of benzene rings is 2. The van der Waals surface area contributed by atoms with Crippen LogP contribution in [-0.2, 0) is 0 Å². The molecule has 0 radical (unpaired) electrons. The molecule has 0 spiro atoms. The Hall–Kier alpha value is -2.28. The van der Waals surface area contributed by atoms with Gasteiger partial charge in [0.05, 0.1) is 0 Å². The van der Waals surface area contributed by atoms with Crippen LogP contribution in [0.2, 0.25) is 0 Å². The van der Waals surface area contributed by atoms with Crippen LogP contribution >= 0.6 is 0 Å². The summed E-state index contributed by atoms with van der Waals surface area (Å²) in [5, 5.41) is 10.0. The van der Waals surface area contributed by atoms with Gasteiger partial charge >= 0.3 is 0 Å². The first kappa shape index (κ1) is 22.4. The van der Waals surface area contributed by atoms with E-state index >= 15 is 0 Å². The Bertz CT molecular complexity index is 731. The predicted molar refractivity (Wildman–Crippen MR) is 121 cm³/mol. The highest BCUT2D eigenvalue weighted by Gasteiger charge is 2.19. The predicted octanol–water partition coefficient (Wildman–Crippen LogP) is 2.61. The van der Waals surface area contributed by atoms with E-state index in [0.29, 0.717) is 12.4 Å². The quantitative estimate of drug-likeness (QED) is 0.624. The number of rotatable bonds is 10. The first-order chi connectivity index (χ1) is 14.5. The monoisotopic (exact) mass is 413 g/mol. The Morgan fingerprint density at radius 2 is 1.50 bits per heavy atom. The number of ether oxygens (including phenoxy) is 2. The van der Waals surface area contributed by atoms with E-state index in [4.69, 9.17) is 15.2 Å². The van der Waals surface area contributed by atoms with Gasteiger partial charge in [-0.1, -0.05) is 32.0 Å². The Kier molecular flexibility index (Phi) is 8.37. The summed E-state index contributed by atoms with van der Waals surface area (Å²) in [5.41, 5.74) is 7.25. The normalized spacial score (nSPS) is 17.0. The molecule has 30 heavy (non-hydrogen) atoms. The fraction of sp³-hybridized carbons (Fsp3) is 0.500. The molecule has 0 amide bonds. The molecule has 1 saturated heterocycles. The number of anilines is 1. The summed E-state index contributed by atoms with van der Waals surface area (Å²) in [5.74, 6) is 1.74. The van der Waals surface area contributed by atoms with Gasteiger partial charge in [-0.25, -0.2) is 0 Å². The van der Waals surface area contributed by atoms with Crippen molar-refractivity contribution >= 4 is 5.69 Å². The van der Waals surface area contributed by atoms with Gasteiger partial charge in [0.25, 0.3) is 0 Å². The van der Waals surface area contributed by atoms with Gasteiger partial charge in [-0.3, -0.25) is 4.90 Å². The van der Waals surface area contributed by atoms with Crippen molar-refractivity contribution in [1.82, 2.24) is 4.90 Å². The van der Waals surface area contributed by atoms with Crippen LogP contribution < -0.4 is 20.1 Å². The number of hydrogen-bond donors (Lipinski definition) is 2. The fourth-order valence-corrected chi connectivity index (χ4v) is 3.53. The summed E-state index contributed by atoms with van der Waals surface area (Å²) in [6, 6.07) is 17.8. The van der Waals surface area contributed by atoms with Crippen LogP contribution in [0.4, 0.5) is 5.69 Å². The third kappa shape index (κ3) is 6.62. The Morgan fingerprint density at radius 1 is 0.900 bits per heavy atom. The molecule has 1 aliphatic heterocycles. The van der Waals surface area contributed by atoms with E-state index in [1.54, 1.807) is 0 Å². The Balaban J connectivity index is 1.34. The average Bonchev–Trinajstić information content (AvgIpc) is 2.79. The molecule has 2 unspecified atom stereocenters. The number of aliphatic hydroxyl groups is 1. The van der Waals surface area contributed by atoms with Gasteiger partial charge in [-0.05, 0) is 42.3 Å². The van der Waals surface area contributed by atoms with Crippen LogP contribution in [0.5, 0.6) is 11.5 Å². The van der Waals surface area contributed by atoms with E-state index in [0.717, 1.165) is 38.5 Å². The third-order valence-electron chi connectivity index (χ3n) is 5.63. The first-order valence-corrected chi connectivity index (χ1v) is 10.8. The lowest BCUT2D eigenvalue weighted by Crippen LogP contribution is -2.47. The number of nitrogens with two attached hydrogens (primary N) is 1. The van der Waals surface area contributed by atoms with E-state index in [-0.39, 0.29) is 18.6 Å². The van der Waals surface area contributed by atoms with E-state index in [9.17, 15) is 5.11 Å². The SMILES string of the molecule is CC(C)C(N)C(O)COc1ccc(OCCN2CCN(c3ccccc3)CC2)cc1. The smallest absolute Gasteiger partial charge is 0.119 e. The molecule has 2 aromatic carbocycles. The molecule has 164 valence electrons. The van der Waals surface area contributed by atoms with Crippen LogP contribution in [-0.4, -0.2) is 68.1 Å². The fourth-order valence-electron chi connectivity index (χ4n) is 3.53. The maximum atomic E-state index is 10.0. The Morgan fingerprint density at radius 3 is 2.10 bits per heavy atom. The summed E-state index contributed by atoms with van der Waals surface area (Å²) >= 11 is 0. The van der Waals surface area contributed by atoms with Crippen molar-refractivity contribution in [2.24, 2.45) is 11.7 Å². The molecule has 2 atom stereocenters. The van der Waals surface area contributed by atoms with E-state index in [2.05, 4.69) is 40.1 Å². The molecule has 1 fully saturated rings. The molecule has 1 heterocycles. The van der Waals surface area contributed by atoms with Crippen molar-refractivity contribution in [3.8, 4) is 11.5 Å². The lowest BCUT2D eigenvalue weighted by atomic mass is 10.0. The van der Waals surface area contributed by atoms with Crippen molar-refractivity contribution in [2.75, 3.05) is 50.8 Å². The lowest BCUT2D eigenvalue weighted by Gasteiger charge is -2.36. The van der Waals surface area contributed by atoms with E-state index < -0.39 is 6.10 Å². The molecule has 2 aromatic rings. The maximum absolute atomic E-state index is 10.0. The minimum absolute atomic E-state index is 0.189. The van der Waals surface area contributed by atoms with Crippen LogP contribution in [0, 0.1) is 5.92 Å². The highest BCUT2D eigenvalue weighted by atomic mass is 16.5. The van der Waals surface area contributed by atoms with Crippen molar-refractivity contribution in [2.45, 2.75) is 26.0 Å². The third-order valence-corrected chi connectivity index (χ3v) is 5.63. The van der Waals surface area contributed by atoms with E-state index in [1.165, 1.54) is 5.69 Å². The summed E-state index contributed by atoms with van der Waals surface area (Å²) in [4.78, 5) is 4.87. The minimum Gasteiger partial charge on any atom is -0.492 e. The number of piperazine rings is 1. The standard InChI is InChI=1S/C24H35N3O3/c1-19(2)24(25)23(28)18-30-22-10-8-21(9-11-22)29-17-16-26-12-14-27(15-13-26)20-6-4-3-5-7-20/h3-11,19,23-24,28H,12-18,25H2,1-2H3. The van der Waals surface area contributed by atoms with Crippen molar-refractivity contribution in [1.29, 1.82) is 0 Å². The molecule has 0 aliphatic carbocycles. The van der Waals surface area contributed by atoms with Crippen molar-refractivity contribution < 1.29 is 14.6 Å². The summed E-state index contributed by atoms with van der Waals surface area (Å²) < 4.78 is 11.5. The first-order valence-electron chi connectivity index (χ1n) is 10.8. The maximum Gasteiger partial charge on any atom is 0.119 e. The summed E-state index contributed by atoms with van der Waals surface area (Å²) in [6.07, 6.45) is -0.678. The number of hydrogen-bond acceptors (Lipinski definition) is 6. The number of nitrogens with zero attached hydrogens (tertiary/aromatic N) is 2. The second kappa shape index (κ2) is 11.2. The molecule has 1 aliphatic rings. The highest BCUT2D eigenvalue weighted by Crippen LogP contribution is 2.19. The van der Waals surface area contributed by atoms with Gasteiger partial charge in [0.15, 0.2) is 0 Å². The zero-order valence-electron chi connectivity index (χ0n) is 18.1. The van der Waals surface area contributed by atoms with Gasteiger partial charge in [0.1, 0.15) is 30.8 Å². The van der Waals surface area contributed by atoms with Crippen LogP contribution in [0.1, 0.15) is 13.8 Å². The number of para-hydroxylation sites is 1. The Labute approximate surface area is 180 Å². The van der Waals surface area contributed by atoms with Gasteiger partial charge in [-0.2, -0.15) is 0 Å². The average molecular weight is 414 g/mol. The highest BCUT2D eigenvalue weighted by molar-refractivity contribution is 5.46. The second-order valence-electron chi connectivity index (χ2n) is 8.18. The molecule has 3 rings (SSSR count). The van der Waals surface area contributed by atoms with Gasteiger partial charge in [-0.15, -0.1) is 0 Å². The number of aliphatic hydroxyl groups excluding tert-OH is 1. The van der Waals surface area contributed by atoms with Crippen LogP contribution in [0.25, 0.3) is 0 Å². The van der Waals surface area contributed by atoms with Crippen molar-refractivity contribution in [3.63, 3.8) is 0 Å². The summed E-state index contributed by atoms with van der Waals surface area (Å²) in [7, 11) is 0. The topological polar surface area (TPSA) is 71.2 Å². The zero-order valence-corrected chi connectivity index (χ0v) is 18.1. The van der Waals surface area contributed by atoms with Crippen LogP contribution in [0.15, 0.2) is 54.6 Å². The van der Waals surface area contributed by atoms with E-state index in [1.807, 2.05) is 38.1 Å². The van der Waals surface area contributed by atoms with Gasteiger partial charge < -0.3 is 25.2 Å².